The van der Waals surface area contributed by atoms with Crippen molar-refractivity contribution in [3.05, 3.63) is 69.5 Å². The summed E-state index contributed by atoms with van der Waals surface area (Å²) in [6, 6.07) is 9.43. The van der Waals surface area contributed by atoms with Gasteiger partial charge in [0.05, 0.1) is 4.92 Å². The molecule has 0 radical (unpaired) electrons. The van der Waals surface area contributed by atoms with Crippen LogP contribution in [0.2, 0.25) is 0 Å². The Bertz CT molecular complexity index is 1290. The van der Waals surface area contributed by atoms with E-state index >= 15 is 0 Å². The van der Waals surface area contributed by atoms with Crippen LogP contribution in [0.3, 0.4) is 0 Å². The molecule has 2 atom stereocenters. The predicted molar refractivity (Wildman–Crippen MR) is 137 cm³/mol. The number of ether oxygens (including phenoxy) is 1. The molecule has 0 aliphatic carbocycles. The van der Waals surface area contributed by atoms with Gasteiger partial charge in [0.15, 0.2) is 4.90 Å². The van der Waals surface area contributed by atoms with Crippen LogP contribution in [-0.4, -0.2) is 65.3 Å². The molecule has 2 aromatic carbocycles. The van der Waals surface area contributed by atoms with Crippen LogP contribution in [0.1, 0.15) is 45.7 Å². The minimum Gasteiger partial charge on any atom is -0.459 e. The van der Waals surface area contributed by atoms with E-state index in [0.717, 1.165) is 11.6 Å². The molecule has 0 bridgehead atoms. The van der Waals surface area contributed by atoms with Crippen LogP contribution >= 0.6 is 0 Å². The SMILES string of the molecule is Cc1ccc(C[C@@](C)(C(=O)OC(C)(C)C)N2CCN(S(=O)(=O)c3ccccc3[N+](=O)[O-])[C@@H](C)C2)c(F)c1. The fraction of sp³-hybridized carbons (Fsp3) is 0.500. The van der Waals surface area contributed by atoms with Crippen molar-refractivity contribution in [1.29, 1.82) is 0 Å². The zero-order valence-electron chi connectivity index (χ0n) is 22.0. The molecule has 3 rings (SSSR count). The van der Waals surface area contributed by atoms with Crippen molar-refractivity contribution < 1.29 is 27.3 Å². The van der Waals surface area contributed by atoms with Crippen LogP contribution < -0.4 is 0 Å². The highest BCUT2D eigenvalue weighted by atomic mass is 32.2. The zero-order valence-corrected chi connectivity index (χ0v) is 22.8. The molecule has 11 heteroatoms. The average molecular weight is 536 g/mol. The Morgan fingerprint density at radius 1 is 1.16 bits per heavy atom. The van der Waals surface area contributed by atoms with Crippen LogP contribution in [-0.2, 0) is 26.0 Å². The summed E-state index contributed by atoms with van der Waals surface area (Å²) in [6.07, 6.45) is 0.0255. The van der Waals surface area contributed by atoms with Gasteiger partial charge in [0, 0.05) is 38.2 Å². The molecule has 0 spiro atoms. The Hall–Kier alpha value is -2.89. The van der Waals surface area contributed by atoms with Gasteiger partial charge < -0.3 is 4.74 Å². The zero-order chi connectivity index (χ0) is 27.8. The van der Waals surface area contributed by atoms with E-state index in [9.17, 15) is 27.7 Å². The van der Waals surface area contributed by atoms with Crippen molar-refractivity contribution in [2.24, 2.45) is 0 Å². The molecule has 0 unspecified atom stereocenters. The van der Waals surface area contributed by atoms with E-state index in [2.05, 4.69) is 0 Å². The third-order valence-corrected chi connectivity index (χ3v) is 8.56. The van der Waals surface area contributed by atoms with E-state index in [0.29, 0.717) is 5.56 Å². The van der Waals surface area contributed by atoms with Crippen LogP contribution in [0.5, 0.6) is 0 Å². The van der Waals surface area contributed by atoms with Crippen molar-refractivity contribution in [3.8, 4) is 0 Å². The van der Waals surface area contributed by atoms with Crippen LogP contribution in [0.4, 0.5) is 10.1 Å². The number of rotatable bonds is 7. The molecule has 1 fully saturated rings. The Kier molecular flexibility index (Phi) is 8.11. The second-order valence-corrected chi connectivity index (χ2v) is 12.5. The second kappa shape index (κ2) is 10.5. The summed E-state index contributed by atoms with van der Waals surface area (Å²) in [6.45, 7) is 10.7. The number of carbonyl (C=O) groups excluding carboxylic acids is 1. The van der Waals surface area contributed by atoms with Crippen molar-refractivity contribution in [3.63, 3.8) is 0 Å². The molecule has 0 aromatic heterocycles. The van der Waals surface area contributed by atoms with Crippen molar-refractivity contribution in [2.75, 3.05) is 19.6 Å². The third kappa shape index (κ3) is 6.16. The van der Waals surface area contributed by atoms with Gasteiger partial charge in [-0.15, -0.1) is 0 Å². The molecule has 2 aromatic rings. The molecule has 1 aliphatic rings. The van der Waals surface area contributed by atoms with Gasteiger partial charge in [-0.25, -0.2) is 12.8 Å². The minimum absolute atomic E-state index is 0.00961. The first-order valence-corrected chi connectivity index (χ1v) is 13.5. The molecule has 9 nitrogen and oxygen atoms in total. The van der Waals surface area contributed by atoms with Gasteiger partial charge in [0.1, 0.15) is 17.0 Å². The number of para-hydroxylation sites is 1. The first-order valence-electron chi connectivity index (χ1n) is 12.0. The molecular weight excluding hydrogens is 501 g/mol. The fourth-order valence-electron chi connectivity index (χ4n) is 4.57. The molecule has 0 saturated carbocycles. The summed E-state index contributed by atoms with van der Waals surface area (Å²) < 4.78 is 48.6. The Balaban J connectivity index is 1.94. The number of piperazine rings is 1. The summed E-state index contributed by atoms with van der Waals surface area (Å²) in [7, 11) is -4.19. The second-order valence-electron chi connectivity index (χ2n) is 10.7. The Morgan fingerprint density at radius 3 is 2.38 bits per heavy atom. The minimum atomic E-state index is -4.19. The van der Waals surface area contributed by atoms with E-state index in [1.54, 1.807) is 53.7 Å². The van der Waals surface area contributed by atoms with Crippen LogP contribution in [0.25, 0.3) is 0 Å². The number of esters is 1. The summed E-state index contributed by atoms with van der Waals surface area (Å²) >= 11 is 0. The van der Waals surface area contributed by atoms with Gasteiger partial charge in [-0.3, -0.25) is 19.8 Å². The first-order chi connectivity index (χ1) is 17.1. The fourth-order valence-corrected chi connectivity index (χ4v) is 6.34. The summed E-state index contributed by atoms with van der Waals surface area (Å²) in [5, 5.41) is 11.5. The normalized spacial score (nSPS) is 19.3. The number of halogens is 1. The first kappa shape index (κ1) is 28.7. The number of nitro benzene ring substituents is 1. The molecule has 1 aliphatic heterocycles. The van der Waals surface area contributed by atoms with Gasteiger partial charge in [0.25, 0.3) is 5.69 Å². The number of carbonyl (C=O) groups is 1. The van der Waals surface area contributed by atoms with Gasteiger partial charge in [-0.1, -0.05) is 24.3 Å². The van der Waals surface area contributed by atoms with Crippen molar-refractivity contribution in [1.82, 2.24) is 9.21 Å². The Labute approximate surface area is 217 Å². The highest BCUT2D eigenvalue weighted by Crippen LogP contribution is 2.33. The van der Waals surface area contributed by atoms with E-state index in [1.807, 2.05) is 4.90 Å². The van der Waals surface area contributed by atoms with Crippen LogP contribution in [0.15, 0.2) is 47.4 Å². The van der Waals surface area contributed by atoms with Crippen molar-refractivity contribution >= 4 is 21.7 Å². The van der Waals surface area contributed by atoms with Gasteiger partial charge >= 0.3 is 5.97 Å². The molecule has 1 heterocycles. The lowest BCUT2D eigenvalue weighted by molar-refractivity contribution is -0.387. The van der Waals surface area contributed by atoms with Crippen molar-refractivity contribution in [2.45, 2.75) is 70.0 Å². The number of nitrogens with zero attached hydrogens (tertiary/aromatic N) is 3. The van der Waals surface area contributed by atoms with Gasteiger partial charge in [-0.2, -0.15) is 4.31 Å². The maximum atomic E-state index is 14.8. The molecule has 1 saturated heterocycles. The van der Waals surface area contributed by atoms with E-state index < -0.39 is 49.6 Å². The quantitative estimate of drug-likeness (QED) is 0.298. The van der Waals surface area contributed by atoms with Crippen LogP contribution in [0, 0.1) is 22.9 Å². The standard InChI is InChI=1S/C26H34FN3O6S/c1-18-11-12-20(21(27)15-18)16-26(6,24(31)36-25(3,4)5)28-13-14-29(19(2)17-28)37(34,35)23-10-8-7-9-22(23)30(32)33/h7-12,15,19H,13-14,16-17H2,1-6H3/t19-,26-/m0/s1. The lowest BCUT2D eigenvalue weighted by atomic mass is 9.88. The smallest absolute Gasteiger partial charge is 0.327 e. The largest absolute Gasteiger partial charge is 0.459 e. The van der Waals surface area contributed by atoms with E-state index in [1.165, 1.54) is 28.6 Å². The topological polar surface area (TPSA) is 110 Å². The number of sulfonamides is 1. The lowest BCUT2D eigenvalue weighted by Gasteiger charge is -2.47. The number of nitro groups is 1. The lowest BCUT2D eigenvalue weighted by Crippen LogP contribution is -2.64. The van der Waals surface area contributed by atoms with Gasteiger partial charge in [0.2, 0.25) is 10.0 Å². The Morgan fingerprint density at radius 2 is 1.81 bits per heavy atom. The monoisotopic (exact) mass is 535 g/mol. The highest BCUT2D eigenvalue weighted by Gasteiger charge is 2.47. The third-order valence-electron chi connectivity index (χ3n) is 6.49. The molecule has 37 heavy (non-hydrogen) atoms. The van der Waals surface area contributed by atoms with E-state index in [4.69, 9.17) is 4.74 Å². The van der Waals surface area contributed by atoms with Gasteiger partial charge in [-0.05, 0) is 64.8 Å². The number of hydrogen-bond acceptors (Lipinski definition) is 7. The molecular formula is C26H34FN3O6S. The molecule has 0 N–H and O–H groups in total. The number of hydrogen-bond donors (Lipinski definition) is 0. The molecule has 0 amide bonds. The summed E-state index contributed by atoms with van der Waals surface area (Å²) in [5.41, 5.74) is -1.46. The predicted octanol–water partition coefficient (Wildman–Crippen LogP) is 4.08. The highest BCUT2D eigenvalue weighted by molar-refractivity contribution is 7.89. The maximum Gasteiger partial charge on any atom is 0.327 e. The maximum absolute atomic E-state index is 14.8. The molecule has 202 valence electrons. The summed E-state index contributed by atoms with van der Waals surface area (Å²) in [5.74, 6) is -0.970. The number of benzene rings is 2. The average Bonchev–Trinajstić information content (AvgIpc) is 2.79. The number of aryl methyl sites for hydroxylation is 1. The summed E-state index contributed by atoms with van der Waals surface area (Å²) in [4.78, 5) is 25.7. The van der Waals surface area contributed by atoms with E-state index in [-0.39, 0.29) is 31.0 Å².